The number of benzene rings is 1. The van der Waals surface area contributed by atoms with Crippen molar-refractivity contribution in [3.8, 4) is 0 Å². The first kappa shape index (κ1) is 11.1. The molecular weight excluding hydrogens is 175 g/mol. The minimum absolute atomic E-state index is 0. The third kappa shape index (κ3) is 3.35. The maximum atomic E-state index is 10.2. The van der Waals surface area contributed by atoms with E-state index >= 15 is 0 Å². The zero-order valence-electron chi connectivity index (χ0n) is 5.87. The zero-order valence-corrected chi connectivity index (χ0v) is 8.68. The number of rotatable bonds is 1. The van der Waals surface area contributed by atoms with Gasteiger partial charge in [0.05, 0.1) is 4.90 Å². The van der Waals surface area contributed by atoms with Gasteiger partial charge in [-0.1, -0.05) is 0 Å². The molecule has 0 fully saturated rings. The Hall–Kier alpha value is 0.130. The molecule has 0 unspecified atom stereocenters. The van der Waals surface area contributed by atoms with Crippen LogP contribution in [0.25, 0.3) is 0 Å². The van der Waals surface area contributed by atoms with E-state index in [1.807, 2.05) is 0 Å². The molecule has 0 aliphatic heterocycles. The van der Waals surface area contributed by atoms with Gasteiger partial charge >= 0.3 is 29.6 Å². The Labute approximate surface area is 87.5 Å². The quantitative estimate of drug-likeness (QED) is 0.344. The van der Waals surface area contributed by atoms with Crippen LogP contribution < -0.4 is 29.6 Å². The maximum absolute atomic E-state index is 10.2. The van der Waals surface area contributed by atoms with Gasteiger partial charge in [0.15, 0.2) is 0 Å². The summed E-state index contributed by atoms with van der Waals surface area (Å²) >= 11 is 0. The zero-order chi connectivity index (χ0) is 7.61. The van der Waals surface area contributed by atoms with Crippen molar-refractivity contribution in [1.29, 1.82) is 0 Å². The molecule has 0 aliphatic rings. The van der Waals surface area contributed by atoms with E-state index in [1.54, 1.807) is 0 Å². The van der Waals surface area contributed by atoms with E-state index in [1.165, 1.54) is 6.07 Å². The van der Waals surface area contributed by atoms with E-state index < -0.39 is 10.1 Å². The van der Waals surface area contributed by atoms with Gasteiger partial charge in [-0.15, -0.1) is 0 Å². The van der Waals surface area contributed by atoms with Crippen LogP contribution in [0.5, 0.6) is 0 Å². The third-order valence-electron chi connectivity index (χ3n) is 0.907. The van der Waals surface area contributed by atoms with Gasteiger partial charge in [0.2, 0.25) is 0 Å². The fourth-order valence-electron chi connectivity index (χ4n) is 0.482. The minimum Gasteiger partial charge on any atom is -0.744 e. The first-order chi connectivity index (χ1) is 4.61. The van der Waals surface area contributed by atoms with E-state index in [0.29, 0.717) is 0 Å². The molecule has 0 aliphatic carbocycles. The summed E-state index contributed by atoms with van der Waals surface area (Å²) in [4.78, 5) is -0.296. The predicted molar refractivity (Wildman–Crippen MR) is 32.1 cm³/mol. The molecular formula is C6H3NaO3S. The van der Waals surface area contributed by atoms with Crippen LogP contribution in [-0.4, -0.2) is 13.0 Å². The predicted octanol–water partition coefficient (Wildman–Crippen LogP) is -2.80. The van der Waals surface area contributed by atoms with E-state index in [0.717, 1.165) is 12.1 Å². The minimum atomic E-state index is -4.32. The molecule has 0 atom stereocenters. The van der Waals surface area contributed by atoms with Crippen molar-refractivity contribution in [3.63, 3.8) is 0 Å². The van der Waals surface area contributed by atoms with E-state index in [-0.39, 0.29) is 34.5 Å². The van der Waals surface area contributed by atoms with E-state index in [2.05, 4.69) is 12.1 Å². The molecule has 0 aromatic heterocycles. The number of hydrogen-bond acceptors (Lipinski definition) is 3. The van der Waals surface area contributed by atoms with Crippen molar-refractivity contribution < 1.29 is 42.5 Å². The Bertz CT molecular complexity index is 306. The molecule has 0 bridgehead atoms. The molecule has 2 radical (unpaired) electrons. The van der Waals surface area contributed by atoms with Gasteiger partial charge in [0, 0.05) is 0 Å². The van der Waals surface area contributed by atoms with Gasteiger partial charge < -0.3 is 4.55 Å². The van der Waals surface area contributed by atoms with Crippen LogP contribution in [0.4, 0.5) is 0 Å². The van der Waals surface area contributed by atoms with Gasteiger partial charge in [0.25, 0.3) is 0 Å². The van der Waals surface area contributed by atoms with Gasteiger partial charge in [-0.05, 0) is 30.3 Å². The second-order valence-corrected chi connectivity index (χ2v) is 3.00. The molecule has 0 heterocycles. The van der Waals surface area contributed by atoms with Crippen molar-refractivity contribution in [2.75, 3.05) is 0 Å². The van der Waals surface area contributed by atoms with Gasteiger partial charge in [-0.2, -0.15) is 0 Å². The van der Waals surface area contributed by atoms with Crippen molar-refractivity contribution in [2.24, 2.45) is 0 Å². The van der Waals surface area contributed by atoms with Crippen LogP contribution in [0.15, 0.2) is 23.1 Å². The van der Waals surface area contributed by atoms with Crippen LogP contribution >= 0.6 is 0 Å². The normalized spacial score (nSPS) is 10.3. The molecule has 0 amide bonds. The topological polar surface area (TPSA) is 57.2 Å². The molecule has 0 saturated heterocycles. The van der Waals surface area contributed by atoms with Crippen molar-refractivity contribution in [2.45, 2.75) is 4.90 Å². The van der Waals surface area contributed by atoms with Crippen LogP contribution in [0.3, 0.4) is 0 Å². The first-order valence-electron chi connectivity index (χ1n) is 2.44. The Kier molecular flexibility index (Phi) is 4.28. The van der Waals surface area contributed by atoms with E-state index in [9.17, 15) is 13.0 Å². The van der Waals surface area contributed by atoms with Crippen LogP contribution in [0.1, 0.15) is 0 Å². The van der Waals surface area contributed by atoms with Crippen LogP contribution in [-0.2, 0) is 10.1 Å². The van der Waals surface area contributed by atoms with Gasteiger partial charge in [-0.3, -0.25) is 0 Å². The Balaban J connectivity index is 0.000001000. The second-order valence-electron chi connectivity index (χ2n) is 1.62. The summed E-state index contributed by atoms with van der Waals surface area (Å²) in [5.41, 5.74) is 0. The molecule has 3 nitrogen and oxygen atoms in total. The Morgan fingerprint density at radius 2 is 1.73 bits per heavy atom. The largest absolute Gasteiger partial charge is 1.00 e. The molecule has 0 N–H and O–H groups in total. The Morgan fingerprint density at radius 3 is 2.00 bits per heavy atom. The van der Waals surface area contributed by atoms with Crippen LogP contribution in [0, 0.1) is 12.1 Å². The molecule has 52 valence electrons. The fraction of sp³-hybridized carbons (Fsp3) is 0. The molecule has 1 rings (SSSR count). The maximum Gasteiger partial charge on any atom is 1.00 e. The average Bonchev–Trinajstić information content (AvgIpc) is 1.88. The monoisotopic (exact) mass is 178 g/mol. The second kappa shape index (κ2) is 4.23. The Morgan fingerprint density at radius 1 is 1.27 bits per heavy atom. The SMILES string of the molecule is O=S(=O)([O-])c1c[c]c[c]c1.[Na+]. The first-order valence-corrected chi connectivity index (χ1v) is 3.84. The summed E-state index contributed by atoms with van der Waals surface area (Å²) in [5.74, 6) is 0. The fourth-order valence-corrected chi connectivity index (χ4v) is 0.906. The summed E-state index contributed by atoms with van der Waals surface area (Å²) in [7, 11) is -4.32. The van der Waals surface area contributed by atoms with Crippen molar-refractivity contribution in [3.05, 3.63) is 30.3 Å². The molecule has 0 saturated carbocycles. The van der Waals surface area contributed by atoms with E-state index in [4.69, 9.17) is 0 Å². The summed E-state index contributed by atoms with van der Waals surface area (Å²) in [6.07, 6.45) is 0. The average molecular weight is 178 g/mol. The summed E-state index contributed by atoms with van der Waals surface area (Å²) < 4.78 is 30.7. The molecule has 5 heteroatoms. The van der Waals surface area contributed by atoms with Gasteiger partial charge in [-0.25, -0.2) is 8.42 Å². The van der Waals surface area contributed by atoms with Crippen molar-refractivity contribution >= 4 is 10.1 Å². The smallest absolute Gasteiger partial charge is 0.744 e. The van der Waals surface area contributed by atoms with Gasteiger partial charge in [0.1, 0.15) is 10.1 Å². The summed E-state index contributed by atoms with van der Waals surface area (Å²) in [5, 5.41) is 0. The molecule has 0 spiro atoms. The third-order valence-corrected chi connectivity index (χ3v) is 1.72. The molecule has 11 heavy (non-hydrogen) atoms. The molecule has 1 aromatic carbocycles. The number of hydrogen-bond donors (Lipinski definition) is 0. The standard InChI is InChI=1S/C6H4O3S.Na/c7-10(8,9)6-4-2-1-3-5-6;/h1,4-5H,(H,7,8,9);/q;+1/p-1. The molecule has 1 aromatic rings. The summed E-state index contributed by atoms with van der Waals surface area (Å²) in [6, 6.07) is 8.48. The van der Waals surface area contributed by atoms with Crippen molar-refractivity contribution in [1.82, 2.24) is 0 Å². The van der Waals surface area contributed by atoms with Crippen LogP contribution in [0.2, 0.25) is 0 Å². The summed E-state index contributed by atoms with van der Waals surface area (Å²) in [6.45, 7) is 0.